The Hall–Kier alpha value is -3.00. The third kappa shape index (κ3) is 3.12. The predicted molar refractivity (Wildman–Crippen MR) is 101 cm³/mol. The molecular weight excluding hydrogens is 366 g/mol. The lowest BCUT2D eigenvalue weighted by Gasteiger charge is -2.20. The SMILES string of the molecule is CC(=O)N1c2ccc(C(=O)Cn3nc(-c4cccs4)oc3=O)cc2CC1C. The molecule has 3 aromatic rings. The molecule has 4 rings (SSSR count). The number of amides is 1. The number of carbonyl (C=O) groups is 2. The molecule has 1 aliphatic heterocycles. The fraction of sp³-hybridized carbons (Fsp3) is 0.263. The molecule has 2 aromatic heterocycles. The van der Waals surface area contributed by atoms with Crippen LogP contribution in [0.2, 0.25) is 0 Å². The molecule has 0 spiro atoms. The summed E-state index contributed by atoms with van der Waals surface area (Å²) < 4.78 is 6.17. The van der Waals surface area contributed by atoms with Crippen LogP contribution in [0.1, 0.15) is 29.8 Å². The number of rotatable bonds is 4. The quantitative estimate of drug-likeness (QED) is 0.647. The van der Waals surface area contributed by atoms with Crippen LogP contribution in [0.15, 0.2) is 44.9 Å². The highest BCUT2D eigenvalue weighted by molar-refractivity contribution is 7.13. The average Bonchev–Trinajstić information content (AvgIpc) is 3.32. The lowest BCUT2D eigenvalue weighted by Crippen LogP contribution is -2.33. The van der Waals surface area contributed by atoms with Gasteiger partial charge in [-0.3, -0.25) is 9.59 Å². The Labute approximate surface area is 158 Å². The summed E-state index contributed by atoms with van der Waals surface area (Å²) in [5.74, 6) is -0.706. The number of carbonyl (C=O) groups excluding carboxylic acids is 2. The molecule has 0 saturated carbocycles. The number of benzene rings is 1. The summed E-state index contributed by atoms with van der Waals surface area (Å²) in [4.78, 5) is 38.9. The van der Waals surface area contributed by atoms with Crippen molar-refractivity contribution in [2.45, 2.75) is 32.9 Å². The van der Waals surface area contributed by atoms with Gasteiger partial charge in [-0.15, -0.1) is 16.4 Å². The number of fused-ring (bicyclic) bond motifs is 1. The normalized spacial score (nSPS) is 15.8. The van der Waals surface area contributed by atoms with Gasteiger partial charge in [0.25, 0.3) is 5.89 Å². The van der Waals surface area contributed by atoms with E-state index in [2.05, 4.69) is 5.10 Å². The summed E-state index contributed by atoms with van der Waals surface area (Å²) in [7, 11) is 0. The summed E-state index contributed by atoms with van der Waals surface area (Å²) in [6.45, 7) is 3.31. The molecule has 1 atom stereocenters. The van der Waals surface area contributed by atoms with Crippen LogP contribution in [-0.4, -0.2) is 27.5 Å². The number of anilines is 1. The van der Waals surface area contributed by atoms with E-state index in [0.29, 0.717) is 12.0 Å². The molecule has 1 aliphatic rings. The number of Topliss-reactive ketones (excluding diaryl/α,β-unsaturated/α-hetero) is 1. The third-order valence-corrected chi connectivity index (χ3v) is 5.45. The van der Waals surface area contributed by atoms with Crippen LogP contribution in [0.4, 0.5) is 5.69 Å². The summed E-state index contributed by atoms with van der Waals surface area (Å²) in [6, 6.07) is 8.96. The summed E-state index contributed by atoms with van der Waals surface area (Å²) in [6.07, 6.45) is 0.697. The van der Waals surface area contributed by atoms with Gasteiger partial charge < -0.3 is 9.32 Å². The van der Waals surface area contributed by atoms with Gasteiger partial charge in [0.1, 0.15) is 6.54 Å². The third-order valence-electron chi connectivity index (χ3n) is 4.59. The van der Waals surface area contributed by atoms with E-state index in [1.165, 1.54) is 18.3 Å². The van der Waals surface area contributed by atoms with Crippen molar-refractivity contribution in [1.82, 2.24) is 9.78 Å². The van der Waals surface area contributed by atoms with E-state index in [-0.39, 0.29) is 30.2 Å². The standard InChI is InChI=1S/C19H17N3O4S/c1-11-8-14-9-13(5-6-15(14)22(11)12(2)23)16(24)10-21-19(25)26-18(20-21)17-4-3-7-27-17/h3-7,9,11H,8,10H2,1-2H3. The summed E-state index contributed by atoms with van der Waals surface area (Å²) in [5.41, 5.74) is 2.28. The Kier molecular flexibility index (Phi) is 4.27. The number of hydrogen-bond acceptors (Lipinski definition) is 6. The molecule has 0 saturated heterocycles. The lowest BCUT2D eigenvalue weighted by molar-refractivity contribution is -0.116. The van der Waals surface area contributed by atoms with Gasteiger partial charge in [-0.2, -0.15) is 4.68 Å². The second-order valence-corrected chi connectivity index (χ2v) is 7.46. The maximum atomic E-state index is 12.6. The monoisotopic (exact) mass is 383 g/mol. The molecule has 0 bridgehead atoms. The number of ketones is 1. The zero-order valence-electron chi connectivity index (χ0n) is 14.8. The van der Waals surface area contributed by atoms with E-state index in [4.69, 9.17) is 4.42 Å². The highest BCUT2D eigenvalue weighted by Crippen LogP contribution is 2.33. The number of thiophene rings is 1. The molecule has 3 heterocycles. The molecule has 7 nitrogen and oxygen atoms in total. The molecule has 1 amide bonds. The van der Waals surface area contributed by atoms with Gasteiger partial charge in [0.15, 0.2) is 5.78 Å². The molecule has 0 N–H and O–H groups in total. The van der Waals surface area contributed by atoms with E-state index in [1.54, 1.807) is 29.2 Å². The Morgan fingerprint density at radius 3 is 2.85 bits per heavy atom. The van der Waals surface area contributed by atoms with Gasteiger partial charge in [-0.1, -0.05) is 6.07 Å². The van der Waals surface area contributed by atoms with Crippen LogP contribution in [0.5, 0.6) is 0 Å². The molecule has 27 heavy (non-hydrogen) atoms. The van der Waals surface area contributed by atoms with Gasteiger partial charge >= 0.3 is 5.76 Å². The largest absolute Gasteiger partial charge is 0.437 e. The number of nitrogens with zero attached hydrogens (tertiary/aromatic N) is 3. The first-order valence-corrected chi connectivity index (χ1v) is 9.40. The maximum absolute atomic E-state index is 12.6. The minimum atomic E-state index is -0.663. The van der Waals surface area contributed by atoms with Gasteiger partial charge in [-0.25, -0.2) is 4.79 Å². The summed E-state index contributed by atoms with van der Waals surface area (Å²) >= 11 is 1.40. The Balaban J connectivity index is 1.58. The Bertz CT molecular complexity index is 1080. The highest BCUT2D eigenvalue weighted by Gasteiger charge is 2.29. The van der Waals surface area contributed by atoms with Crippen molar-refractivity contribution in [2.24, 2.45) is 0 Å². The van der Waals surface area contributed by atoms with Crippen molar-refractivity contribution in [3.8, 4) is 10.8 Å². The molecular formula is C19H17N3O4S. The van der Waals surface area contributed by atoms with Crippen molar-refractivity contribution >= 4 is 28.7 Å². The summed E-state index contributed by atoms with van der Waals surface area (Å²) in [5, 5.41) is 5.97. The van der Waals surface area contributed by atoms with E-state index in [9.17, 15) is 14.4 Å². The molecule has 0 fully saturated rings. The molecule has 8 heteroatoms. The fourth-order valence-corrected chi connectivity index (χ4v) is 4.06. The molecule has 1 unspecified atom stereocenters. The van der Waals surface area contributed by atoms with Crippen molar-refractivity contribution in [1.29, 1.82) is 0 Å². The predicted octanol–water partition coefficient (Wildman–Crippen LogP) is 2.75. The Morgan fingerprint density at radius 2 is 2.15 bits per heavy atom. The molecule has 0 aliphatic carbocycles. The van der Waals surface area contributed by atoms with E-state index >= 15 is 0 Å². The number of hydrogen-bond donors (Lipinski definition) is 0. The first-order valence-electron chi connectivity index (χ1n) is 8.52. The van der Waals surface area contributed by atoms with Crippen LogP contribution in [0, 0.1) is 0 Å². The van der Waals surface area contributed by atoms with E-state index in [0.717, 1.165) is 20.8 Å². The lowest BCUT2D eigenvalue weighted by atomic mass is 10.0. The second-order valence-electron chi connectivity index (χ2n) is 6.52. The van der Waals surface area contributed by atoms with E-state index < -0.39 is 5.76 Å². The zero-order valence-corrected chi connectivity index (χ0v) is 15.7. The van der Waals surface area contributed by atoms with Gasteiger partial charge in [0, 0.05) is 24.2 Å². The fourth-order valence-electron chi connectivity index (χ4n) is 3.42. The number of aromatic nitrogens is 2. The maximum Gasteiger partial charge on any atom is 0.437 e. The van der Waals surface area contributed by atoms with Crippen LogP contribution < -0.4 is 10.7 Å². The van der Waals surface area contributed by atoms with Gasteiger partial charge in [-0.05, 0) is 48.6 Å². The van der Waals surface area contributed by atoms with Crippen LogP contribution in [0.25, 0.3) is 10.8 Å². The van der Waals surface area contributed by atoms with Crippen molar-refractivity contribution in [3.63, 3.8) is 0 Å². The zero-order chi connectivity index (χ0) is 19.1. The average molecular weight is 383 g/mol. The first kappa shape index (κ1) is 17.4. The second kappa shape index (κ2) is 6.62. The minimum absolute atomic E-state index is 0.0180. The minimum Gasteiger partial charge on any atom is -0.387 e. The van der Waals surface area contributed by atoms with Crippen LogP contribution in [0.3, 0.4) is 0 Å². The Morgan fingerprint density at radius 1 is 1.33 bits per heavy atom. The smallest absolute Gasteiger partial charge is 0.387 e. The topological polar surface area (TPSA) is 85.4 Å². The van der Waals surface area contributed by atoms with Crippen LogP contribution >= 0.6 is 11.3 Å². The van der Waals surface area contributed by atoms with Crippen molar-refractivity contribution in [3.05, 3.63) is 57.4 Å². The van der Waals surface area contributed by atoms with E-state index in [1.807, 2.05) is 18.4 Å². The molecule has 138 valence electrons. The first-order chi connectivity index (χ1) is 12.9. The molecule has 1 aromatic carbocycles. The highest BCUT2D eigenvalue weighted by atomic mass is 32.1. The van der Waals surface area contributed by atoms with Crippen molar-refractivity contribution in [2.75, 3.05) is 4.90 Å². The van der Waals surface area contributed by atoms with Crippen molar-refractivity contribution < 1.29 is 14.0 Å². The van der Waals surface area contributed by atoms with Gasteiger partial charge in [0.05, 0.1) is 4.88 Å². The molecule has 0 radical (unpaired) electrons. The van der Waals surface area contributed by atoms with Gasteiger partial charge in [0.2, 0.25) is 5.91 Å². The van der Waals surface area contributed by atoms with Crippen LogP contribution in [-0.2, 0) is 17.8 Å².